The largest absolute Gasteiger partial charge is 0.492 e. The molecule has 102 valence electrons. The summed E-state index contributed by atoms with van der Waals surface area (Å²) >= 11 is 0. The molecule has 0 amide bonds. The van der Waals surface area contributed by atoms with Crippen molar-refractivity contribution in [2.24, 2.45) is 0 Å². The third-order valence-corrected chi connectivity index (χ3v) is 2.97. The summed E-state index contributed by atoms with van der Waals surface area (Å²) in [5.74, 6) is 0.961. The summed E-state index contributed by atoms with van der Waals surface area (Å²) in [5, 5.41) is 3.14. The van der Waals surface area contributed by atoms with E-state index in [4.69, 9.17) is 4.74 Å². The van der Waals surface area contributed by atoms with Gasteiger partial charge in [-0.15, -0.1) is 0 Å². The van der Waals surface area contributed by atoms with Gasteiger partial charge in [0.2, 0.25) is 0 Å². The third-order valence-electron chi connectivity index (χ3n) is 2.97. The molecule has 0 spiro atoms. The fourth-order valence-corrected chi connectivity index (χ4v) is 1.94. The zero-order chi connectivity index (χ0) is 13.2. The van der Waals surface area contributed by atoms with E-state index in [1.807, 2.05) is 19.2 Å². The Hall–Kier alpha value is -1.06. The summed E-state index contributed by atoms with van der Waals surface area (Å²) < 4.78 is 5.76. The van der Waals surface area contributed by atoms with Crippen LogP contribution >= 0.6 is 0 Å². The molecule has 3 nitrogen and oxygen atoms in total. The van der Waals surface area contributed by atoms with Crippen molar-refractivity contribution in [1.82, 2.24) is 10.2 Å². The first kappa shape index (κ1) is 15.0. The van der Waals surface area contributed by atoms with Crippen LogP contribution in [0.1, 0.15) is 25.8 Å². The molecule has 18 heavy (non-hydrogen) atoms. The van der Waals surface area contributed by atoms with Crippen molar-refractivity contribution in [3.63, 3.8) is 0 Å². The predicted molar refractivity (Wildman–Crippen MR) is 77.1 cm³/mol. The minimum atomic E-state index is 0.763. The molecule has 0 saturated heterocycles. The van der Waals surface area contributed by atoms with E-state index in [1.165, 1.54) is 12.0 Å². The van der Waals surface area contributed by atoms with Crippen molar-refractivity contribution in [2.75, 3.05) is 33.3 Å². The first-order chi connectivity index (χ1) is 8.80. The first-order valence-electron chi connectivity index (χ1n) is 6.88. The molecule has 0 aliphatic heterocycles. The minimum absolute atomic E-state index is 0.763. The number of benzene rings is 1. The Balaban J connectivity index is 2.30. The summed E-state index contributed by atoms with van der Waals surface area (Å²) in [6.45, 7) is 9.33. The second-order valence-corrected chi connectivity index (χ2v) is 4.46. The average molecular weight is 250 g/mol. The van der Waals surface area contributed by atoms with Crippen LogP contribution in [0, 0.1) is 0 Å². The van der Waals surface area contributed by atoms with Crippen LogP contribution in [0.5, 0.6) is 5.75 Å². The quantitative estimate of drug-likeness (QED) is 0.729. The van der Waals surface area contributed by atoms with Crippen LogP contribution in [-0.2, 0) is 6.54 Å². The van der Waals surface area contributed by atoms with E-state index in [1.54, 1.807) is 0 Å². The Morgan fingerprint density at radius 2 is 1.83 bits per heavy atom. The fraction of sp³-hybridized carbons (Fsp3) is 0.600. The lowest BCUT2D eigenvalue weighted by molar-refractivity contribution is 0.216. The maximum Gasteiger partial charge on any atom is 0.119 e. The zero-order valence-electron chi connectivity index (χ0n) is 11.9. The van der Waals surface area contributed by atoms with Gasteiger partial charge in [-0.2, -0.15) is 0 Å². The summed E-state index contributed by atoms with van der Waals surface area (Å²) in [4.78, 5) is 2.41. The number of nitrogens with one attached hydrogen (secondary N) is 1. The lowest BCUT2D eigenvalue weighted by Gasteiger charge is -2.19. The van der Waals surface area contributed by atoms with Gasteiger partial charge in [-0.05, 0) is 44.3 Å². The molecule has 0 radical (unpaired) electrons. The van der Waals surface area contributed by atoms with Gasteiger partial charge in [0.1, 0.15) is 12.4 Å². The van der Waals surface area contributed by atoms with E-state index in [9.17, 15) is 0 Å². The highest BCUT2D eigenvalue weighted by molar-refractivity contribution is 5.27. The first-order valence-corrected chi connectivity index (χ1v) is 6.88. The molecule has 0 aromatic heterocycles. The van der Waals surface area contributed by atoms with Crippen LogP contribution in [0.25, 0.3) is 0 Å². The molecule has 0 unspecified atom stereocenters. The van der Waals surface area contributed by atoms with Crippen molar-refractivity contribution in [2.45, 2.75) is 26.8 Å². The Morgan fingerprint density at radius 3 is 2.39 bits per heavy atom. The van der Waals surface area contributed by atoms with Crippen molar-refractivity contribution < 1.29 is 4.74 Å². The number of ether oxygens (including phenoxy) is 1. The second-order valence-electron chi connectivity index (χ2n) is 4.46. The Morgan fingerprint density at radius 1 is 1.11 bits per heavy atom. The van der Waals surface area contributed by atoms with E-state index < -0.39 is 0 Å². The summed E-state index contributed by atoms with van der Waals surface area (Å²) in [7, 11) is 1.96. The van der Waals surface area contributed by atoms with Gasteiger partial charge in [-0.3, -0.25) is 0 Å². The van der Waals surface area contributed by atoms with Gasteiger partial charge in [0, 0.05) is 13.1 Å². The van der Waals surface area contributed by atoms with Crippen LogP contribution in [0.2, 0.25) is 0 Å². The highest BCUT2D eigenvalue weighted by Crippen LogP contribution is 2.12. The number of hydrogen-bond acceptors (Lipinski definition) is 3. The molecule has 1 aromatic rings. The number of likely N-dealkylation sites (N-methyl/N-ethyl adjacent to an activating group) is 1. The summed E-state index contributed by atoms with van der Waals surface area (Å²) in [6, 6.07) is 8.30. The molecule has 0 fully saturated rings. The topological polar surface area (TPSA) is 24.5 Å². The smallest absolute Gasteiger partial charge is 0.119 e. The Labute approximate surface area is 111 Å². The van der Waals surface area contributed by atoms with Crippen LogP contribution in [0.3, 0.4) is 0 Å². The van der Waals surface area contributed by atoms with Crippen molar-refractivity contribution in [1.29, 1.82) is 0 Å². The molecule has 3 heteroatoms. The van der Waals surface area contributed by atoms with E-state index in [0.29, 0.717) is 0 Å². The zero-order valence-corrected chi connectivity index (χ0v) is 11.9. The number of rotatable bonds is 9. The third kappa shape index (κ3) is 5.52. The van der Waals surface area contributed by atoms with Crippen LogP contribution in [-0.4, -0.2) is 38.2 Å². The molecule has 1 N–H and O–H groups in total. The normalized spacial score (nSPS) is 10.9. The molecule has 0 saturated carbocycles. The van der Waals surface area contributed by atoms with Crippen molar-refractivity contribution >= 4 is 0 Å². The van der Waals surface area contributed by atoms with Gasteiger partial charge in [-0.1, -0.05) is 26.0 Å². The van der Waals surface area contributed by atoms with Gasteiger partial charge in [0.05, 0.1) is 0 Å². The second kappa shape index (κ2) is 8.95. The van der Waals surface area contributed by atoms with Gasteiger partial charge >= 0.3 is 0 Å². The standard InChI is InChI=1S/C15H26N2O/c1-4-10-17(5-2)11-12-18-15-8-6-14(7-9-15)13-16-3/h6-9,16H,4-5,10-13H2,1-3H3. The van der Waals surface area contributed by atoms with Gasteiger partial charge in [-0.25, -0.2) is 0 Å². The lowest BCUT2D eigenvalue weighted by Crippen LogP contribution is -2.28. The number of nitrogens with zero attached hydrogens (tertiary/aromatic N) is 1. The minimum Gasteiger partial charge on any atom is -0.492 e. The Kier molecular flexibility index (Phi) is 7.46. The predicted octanol–water partition coefficient (Wildman–Crippen LogP) is 2.52. The molecule has 0 heterocycles. The fourth-order valence-electron chi connectivity index (χ4n) is 1.94. The summed E-state index contributed by atoms with van der Waals surface area (Å²) in [6.07, 6.45) is 1.20. The van der Waals surface area contributed by atoms with Crippen LogP contribution in [0.4, 0.5) is 0 Å². The van der Waals surface area contributed by atoms with Gasteiger partial charge < -0.3 is 15.0 Å². The molecular formula is C15H26N2O. The van der Waals surface area contributed by atoms with E-state index >= 15 is 0 Å². The van der Waals surface area contributed by atoms with Crippen LogP contribution < -0.4 is 10.1 Å². The van der Waals surface area contributed by atoms with Crippen molar-refractivity contribution in [3.8, 4) is 5.75 Å². The highest BCUT2D eigenvalue weighted by Gasteiger charge is 2.01. The molecule has 0 aliphatic rings. The Bertz CT molecular complexity index is 311. The lowest BCUT2D eigenvalue weighted by atomic mass is 10.2. The van der Waals surface area contributed by atoms with E-state index in [-0.39, 0.29) is 0 Å². The average Bonchev–Trinajstić information content (AvgIpc) is 2.40. The van der Waals surface area contributed by atoms with E-state index in [2.05, 4.69) is 36.2 Å². The van der Waals surface area contributed by atoms with Crippen molar-refractivity contribution in [3.05, 3.63) is 29.8 Å². The maximum absolute atomic E-state index is 5.76. The van der Waals surface area contributed by atoms with Gasteiger partial charge in [0.15, 0.2) is 0 Å². The molecule has 0 aliphatic carbocycles. The maximum atomic E-state index is 5.76. The summed E-state index contributed by atoms with van der Waals surface area (Å²) in [5.41, 5.74) is 1.28. The molecule has 0 atom stereocenters. The van der Waals surface area contributed by atoms with Crippen LogP contribution in [0.15, 0.2) is 24.3 Å². The van der Waals surface area contributed by atoms with Gasteiger partial charge in [0.25, 0.3) is 0 Å². The van der Waals surface area contributed by atoms with E-state index in [0.717, 1.165) is 38.5 Å². The molecule has 0 bridgehead atoms. The molecule has 1 rings (SSSR count). The monoisotopic (exact) mass is 250 g/mol. The highest BCUT2D eigenvalue weighted by atomic mass is 16.5. The SMILES string of the molecule is CCCN(CC)CCOc1ccc(CNC)cc1. The molecule has 1 aromatic carbocycles. The molecular weight excluding hydrogens is 224 g/mol. The number of hydrogen-bond donors (Lipinski definition) is 1.